The van der Waals surface area contributed by atoms with Crippen molar-refractivity contribution in [2.24, 2.45) is 0 Å². The molecular weight excluding hydrogens is 594 g/mol. The fourth-order valence-corrected chi connectivity index (χ4v) is 6.75. The van der Waals surface area contributed by atoms with Crippen molar-refractivity contribution in [2.75, 3.05) is 6.61 Å². The van der Waals surface area contributed by atoms with E-state index in [1.54, 1.807) is 6.08 Å². The molecule has 0 aromatic heterocycles. The molecule has 0 bridgehead atoms. The van der Waals surface area contributed by atoms with Crippen molar-refractivity contribution in [1.82, 2.24) is 5.32 Å². The lowest BCUT2D eigenvalue weighted by Gasteiger charge is -2.21. The second-order valence-corrected chi connectivity index (χ2v) is 15.0. The Kier molecular flexibility index (Phi) is 38.1. The standard InChI is InChI=1S/C43H85NO4/c1-3-5-7-9-11-13-15-17-18-19-20-21-22-23-24-25-27-29-31-33-35-37-42(47)41(39-45)44-43(48)38-40(46)36-34-32-30-28-26-16-14-12-10-8-6-4-2/h35,37,40-42,45-47H,3-34,36,38-39H2,1-2H3,(H,44,48)/b37-35+. The zero-order valence-corrected chi connectivity index (χ0v) is 32.4. The van der Waals surface area contributed by atoms with Crippen molar-refractivity contribution in [3.63, 3.8) is 0 Å². The number of rotatable bonds is 39. The predicted molar refractivity (Wildman–Crippen MR) is 208 cm³/mol. The normalized spacial score (nSPS) is 13.7. The van der Waals surface area contributed by atoms with Crippen molar-refractivity contribution in [2.45, 2.75) is 250 Å². The Morgan fingerprint density at radius 1 is 0.521 bits per heavy atom. The highest BCUT2D eigenvalue weighted by Gasteiger charge is 2.20. The summed E-state index contributed by atoms with van der Waals surface area (Å²) in [5, 5.41) is 33.2. The lowest BCUT2D eigenvalue weighted by molar-refractivity contribution is -0.124. The van der Waals surface area contributed by atoms with Crippen molar-refractivity contribution < 1.29 is 20.1 Å². The first-order valence-corrected chi connectivity index (χ1v) is 21.5. The number of carbonyl (C=O) groups excluding carboxylic acids is 1. The average Bonchev–Trinajstić information content (AvgIpc) is 3.08. The quantitative estimate of drug-likeness (QED) is 0.0384. The van der Waals surface area contributed by atoms with E-state index in [1.807, 2.05) is 6.08 Å². The van der Waals surface area contributed by atoms with Crippen LogP contribution in [-0.2, 0) is 4.79 Å². The second kappa shape index (κ2) is 38.9. The molecule has 0 heterocycles. The summed E-state index contributed by atoms with van der Waals surface area (Å²) in [4.78, 5) is 12.4. The van der Waals surface area contributed by atoms with E-state index < -0.39 is 18.2 Å². The van der Waals surface area contributed by atoms with Gasteiger partial charge in [-0.3, -0.25) is 4.79 Å². The molecule has 3 unspecified atom stereocenters. The van der Waals surface area contributed by atoms with Crippen LogP contribution in [0.3, 0.4) is 0 Å². The minimum absolute atomic E-state index is 0.0182. The summed E-state index contributed by atoms with van der Waals surface area (Å²) in [6, 6.07) is -0.738. The molecule has 0 spiro atoms. The van der Waals surface area contributed by atoms with Crippen molar-refractivity contribution in [3.05, 3.63) is 12.2 Å². The van der Waals surface area contributed by atoms with Crippen LogP contribution in [0.5, 0.6) is 0 Å². The molecule has 0 aliphatic rings. The van der Waals surface area contributed by atoms with Gasteiger partial charge in [0.1, 0.15) is 0 Å². The number of unbranched alkanes of at least 4 members (excludes halogenated alkanes) is 30. The number of nitrogens with one attached hydrogen (secondary N) is 1. The largest absolute Gasteiger partial charge is 0.394 e. The molecule has 0 aromatic rings. The monoisotopic (exact) mass is 680 g/mol. The third-order valence-corrected chi connectivity index (χ3v) is 10.1. The van der Waals surface area contributed by atoms with Gasteiger partial charge in [0.15, 0.2) is 0 Å². The van der Waals surface area contributed by atoms with E-state index in [4.69, 9.17) is 0 Å². The molecule has 4 N–H and O–H groups in total. The summed E-state index contributed by atoms with van der Waals surface area (Å²) in [6.45, 7) is 4.22. The van der Waals surface area contributed by atoms with Gasteiger partial charge >= 0.3 is 0 Å². The fraction of sp³-hybridized carbons (Fsp3) is 0.930. The summed E-state index contributed by atoms with van der Waals surface area (Å²) < 4.78 is 0. The Morgan fingerprint density at radius 3 is 1.21 bits per heavy atom. The third-order valence-electron chi connectivity index (χ3n) is 10.1. The Morgan fingerprint density at radius 2 is 0.854 bits per heavy atom. The summed E-state index contributed by atoms with van der Waals surface area (Å²) in [5.41, 5.74) is 0. The molecule has 48 heavy (non-hydrogen) atoms. The third kappa shape index (κ3) is 34.9. The van der Waals surface area contributed by atoms with Gasteiger partial charge in [0.25, 0.3) is 0 Å². The van der Waals surface area contributed by atoms with Gasteiger partial charge in [0, 0.05) is 0 Å². The zero-order chi connectivity index (χ0) is 35.2. The van der Waals surface area contributed by atoms with E-state index >= 15 is 0 Å². The topological polar surface area (TPSA) is 89.8 Å². The molecule has 1 amide bonds. The van der Waals surface area contributed by atoms with Crippen LogP contribution >= 0.6 is 0 Å². The first kappa shape index (κ1) is 47.1. The molecule has 0 saturated carbocycles. The van der Waals surface area contributed by atoms with Crippen LogP contribution in [0.4, 0.5) is 0 Å². The van der Waals surface area contributed by atoms with Gasteiger partial charge in [-0.2, -0.15) is 0 Å². The summed E-state index contributed by atoms with van der Waals surface area (Å²) in [6.07, 6.45) is 44.9. The van der Waals surface area contributed by atoms with Crippen molar-refractivity contribution in [1.29, 1.82) is 0 Å². The van der Waals surface area contributed by atoms with E-state index in [-0.39, 0.29) is 18.9 Å². The van der Waals surface area contributed by atoms with E-state index in [9.17, 15) is 20.1 Å². The van der Waals surface area contributed by atoms with Gasteiger partial charge < -0.3 is 20.6 Å². The minimum Gasteiger partial charge on any atom is -0.394 e. The van der Waals surface area contributed by atoms with E-state index in [2.05, 4.69) is 19.2 Å². The van der Waals surface area contributed by atoms with E-state index in [1.165, 1.54) is 180 Å². The number of hydrogen-bond acceptors (Lipinski definition) is 4. The minimum atomic E-state index is -0.923. The highest BCUT2D eigenvalue weighted by atomic mass is 16.3. The number of hydrogen-bond donors (Lipinski definition) is 4. The highest BCUT2D eigenvalue weighted by molar-refractivity contribution is 5.76. The average molecular weight is 680 g/mol. The lowest BCUT2D eigenvalue weighted by atomic mass is 10.0. The maximum Gasteiger partial charge on any atom is 0.222 e. The molecule has 0 radical (unpaired) electrons. The molecule has 3 atom stereocenters. The smallest absolute Gasteiger partial charge is 0.222 e. The van der Waals surface area contributed by atoms with Crippen LogP contribution in [0.15, 0.2) is 12.2 Å². The summed E-state index contributed by atoms with van der Waals surface area (Å²) in [7, 11) is 0. The molecule has 0 aliphatic carbocycles. The van der Waals surface area contributed by atoms with Crippen LogP contribution in [0.1, 0.15) is 232 Å². The first-order valence-electron chi connectivity index (χ1n) is 21.5. The predicted octanol–water partition coefficient (Wildman–Crippen LogP) is 12.0. The molecular formula is C43H85NO4. The molecule has 0 rings (SSSR count). The molecule has 286 valence electrons. The molecule has 0 aliphatic heterocycles. The van der Waals surface area contributed by atoms with Gasteiger partial charge in [-0.25, -0.2) is 0 Å². The number of carbonyl (C=O) groups is 1. The van der Waals surface area contributed by atoms with Crippen LogP contribution < -0.4 is 5.32 Å². The number of aliphatic hydroxyl groups excluding tert-OH is 3. The number of amides is 1. The fourth-order valence-electron chi connectivity index (χ4n) is 6.75. The van der Waals surface area contributed by atoms with E-state index in [0.29, 0.717) is 6.42 Å². The Balaban J connectivity index is 3.63. The van der Waals surface area contributed by atoms with Gasteiger partial charge in [-0.1, -0.05) is 219 Å². The van der Waals surface area contributed by atoms with E-state index in [0.717, 1.165) is 25.7 Å². The van der Waals surface area contributed by atoms with Crippen LogP contribution in [0.2, 0.25) is 0 Å². The van der Waals surface area contributed by atoms with Crippen LogP contribution in [0.25, 0.3) is 0 Å². The number of allylic oxidation sites excluding steroid dienone is 1. The van der Waals surface area contributed by atoms with Gasteiger partial charge in [-0.05, 0) is 19.3 Å². The maximum atomic E-state index is 12.4. The number of aliphatic hydroxyl groups is 3. The highest BCUT2D eigenvalue weighted by Crippen LogP contribution is 2.16. The molecule has 0 saturated heterocycles. The maximum absolute atomic E-state index is 12.4. The van der Waals surface area contributed by atoms with Crippen LogP contribution in [0, 0.1) is 0 Å². The van der Waals surface area contributed by atoms with Crippen molar-refractivity contribution in [3.8, 4) is 0 Å². The van der Waals surface area contributed by atoms with Gasteiger partial charge in [-0.15, -0.1) is 0 Å². The molecule has 5 heteroatoms. The SMILES string of the molecule is CCCCCCCCCCCCCCCCCCCCC/C=C/C(O)C(CO)NC(=O)CC(O)CCCCCCCCCCCCCC. The Hall–Kier alpha value is -0.910. The Bertz CT molecular complexity index is 669. The van der Waals surface area contributed by atoms with Gasteiger partial charge in [0.05, 0.1) is 31.3 Å². The lowest BCUT2D eigenvalue weighted by Crippen LogP contribution is -2.45. The zero-order valence-electron chi connectivity index (χ0n) is 32.4. The summed E-state index contributed by atoms with van der Waals surface area (Å²) >= 11 is 0. The van der Waals surface area contributed by atoms with Crippen molar-refractivity contribution >= 4 is 5.91 Å². The molecule has 5 nitrogen and oxygen atoms in total. The second-order valence-electron chi connectivity index (χ2n) is 15.0. The van der Waals surface area contributed by atoms with Gasteiger partial charge in [0.2, 0.25) is 5.91 Å². The van der Waals surface area contributed by atoms with Crippen LogP contribution in [-0.4, -0.2) is 46.1 Å². The Labute approximate surface area is 299 Å². The summed E-state index contributed by atoms with van der Waals surface area (Å²) in [5.74, 6) is -0.313. The molecule has 0 aromatic carbocycles. The molecule has 0 fully saturated rings. The first-order chi connectivity index (χ1) is 23.5.